The summed E-state index contributed by atoms with van der Waals surface area (Å²) in [5.41, 5.74) is 0. The maximum absolute atomic E-state index is 4.88. The van der Waals surface area contributed by atoms with Gasteiger partial charge in [0.1, 0.15) is 6.23 Å². The van der Waals surface area contributed by atoms with Crippen LogP contribution < -0.4 is 0 Å². The zero-order chi connectivity index (χ0) is 4.41. The van der Waals surface area contributed by atoms with E-state index in [1.54, 1.807) is 0 Å². The van der Waals surface area contributed by atoms with E-state index in [9.17, 15) is 0 Å². The minimum atomic E-state index is 0.0602. The molecule has 1 rings (SSSR count). The lowest BCUT2D eigenvalue weighted by Crippen LogP contribution is -1.94. The highest BCUT2D eigenvalue weighted by atomic mass is 16.5. The van der Waals surface area contributed by atoms with Crippen molar-refractivity contribution in [1.29, 1.82) is 0 Å². The topological polar surface area (TPSA) is 21.6 Å². The fourth-order valence-electron chi connectivity index (χ4n) is 0.361. The van der Waals surface area contributed by atoms with Crippen LogP contribution in [0.4, 0.5) is 0 Å². The van der Waals surface area contributed by atoms with E-state index in [-0.39, 0.29) is 6.23 Å². The Kier molecular flexibility index (Phi) is 0.881. The first-order valence-corrected chi connectivity index (χ1v) is 1.94. The van der Waals surface area contributed by atoms with Crippen LogP contribution in [0.25, 0.3) is 0 Å². The van der Waals surface area contributed by atoms with E-state index >= 15 is 0 Å². The molecule has 0 bridgehead atoms. The Morgan fingerprint density at radius 1 is 2.00 bits per heavy atom. The maximum Gasteiger partial charge on any atom is 0.146 e. The molecule has 0 fully saturated rings. The number of hydrogen-bond donors (Lipinski definition) is 0. The van der Waals surface area contributed by atoms with E-state index in [0.717, 1.165) is 0 Å². The maximum atomic E-state index is 4.88. The van der Waals surface area contributed by atoms with Crippen molar-refractivity contribution in [3.05, 3.63) is 0 Å². The summed E-state index contributed by atoms with van der Waals surface area (Å²) < 4.78 is 4.88. The Hall–Kier alpha value is -0.370. The van der Waals surface area contributed by atoms with Gasteiger partial charge < -0.3 is 4.74 Å². The molecule has 33 valence electrons. The number of nitrogens with zero attached hydrogens (tertiary/aromatic N) is 1. The largest absolute Gasteiger partial charge is 0.351 e. The first kappa shape index (κ1) is 3.81. The van der Waals surface area contributed by atoms with Crippen LogP contribution in [0.15, 0.2) is 4.99 Å². The van der Waals surface area contributed by atoms with Crippen LogP contribution in [0, 0.1) is 0 Å². The molecule has 0 aromatic heterocycles. The first-order valence-electron chi connectivity index (χ1n) is 1.94. The monoisotopic (exact) mass is 84.0 g/mol. The molecule has 0 spiro atoms. The van der Waals surface area contributed by atoms with Gasteiger partial charge in [-0.25, -0.2) is 0 Å². The molecule has 1 aliphatic rings. The molecule has 1 heterocycles. The van der Waals surface area contributed by atoms with E-state index in [2.05, 4.69) is 11.2 Å². The lowest BCUT2D eigenvalue weighted by molar-refractivity contribution is 0.125. The van der Waals surface area contributed by atoms with Crippen LogP contribution >= 0.6 is 0 Å². The predicted octanol–water partition coefficient (Wildman–Crippen LogP) is 0.310. The van der Waals surface area contributed by atoms with Crippen molar-refractivity contribution < 1.29 is 4.74 Å². The summed E-state index contributed by atoms with van der Waals surface area (Å²) in [6, 6.07) is 0. The van der Waals surface area contributed by atoms with E-state index in [4.69, 9.17) is 4.74 Å². The molecule has 1 aliphatic heterocycles. The van der Waals surface area contributed by atoms with Crippen molar-refractivity contribution in [3.63, 3.8) is 0 Å². The summed E-state index contributed by atoms with van der Waals surface area (Å²) in [4.78, 5) is 3.76. The van der Waals surface area contributed by atoms with Crippen LogP contribution in [0.5, 0.6) is 0 Å². The second-order valence-electron chi connectivity index (χ2n) is 1.20. The third-order valence-electron chi connectivity index (χ3n) is 0.662. The van der Waals surface area contributed by atoms with Crippen LogP contribution in [0.1, 0.15) is 6.92 Å². The van der Waals surface area contributed by atoms with E-state index in [1.807, 2.05) is 6.92 Å². The zero-order valence-electron chi connectivity index (χ0n) is 3.64. The molecule has 6 heavy (non-hydrogen) atoms. The van der Waals surface area contributed by atoms with Gasteiger partial charge in [-0.15, -0.1) is 0 Å². The fourth-order valence-corrected chi connectivity index (χ4v) is 0.361. The minimum Gasteiger partial charge on any atom is -0.351 e. The lowest BCUT2D eigenvalue weighted by Gasteiger charge is -1.92. The fraction of sp³-hybridized carbons (Fsp3) is 0.750. The van der Waals surface area contributed by atoms with Gasteiger partial charge in [0.2, 0.25) is 0 Å². The van der Waals surface area contributed by atoms with Crippen molar-refractivity contribution in [3.8, 4) is 0 Å². The summed E-state index contributed by atoms with van der Waals surface area (Å²) in [6.45, 7) is 2.46. The smallest absolute Gasteiger partial charge is 0.146 e. The first-order chi connectivity index (χ1) is 2.89. The molecule has 0 amide bonds. The number of rotatable bonds is 0. The molecule has 1 unspecified atom stereocenters. The van der Waals surface area contributed by atoms with Crippen LogP contribution in [-0.2, 0) is 4.74 Å². The predicted molar refractivity (Wildman–Crippen MR) is 22.8 cm³/mol. The molecule has 0 aliphatic carbocycles. The van der Waals surface area contributed by atoms with Crippen molar-refractivity contribution in [2.75, 3.05) is 6.61 Å². The van der Waals surface area contributed by atoms with E-state index < -0.39 is 0 Å². The molecule has 1 radical (unpaired) electrons. The highest BCUT2D eigenvalue weighted by Gasteiger charge is 2.00. The summed E-state index contributed by atoms with van der Waals surface area (Å²) >= 11 is 0. The van der Waals surface area contributed by atoms with Crippen LogP contribution in [0.3, 0.4) is 0 Å². The van der Waals surface area contributed by atoms with Gasteiger partial charge in [0.25, 0.3) is 0 Å². The lowest BCUT2D eigenvalue weighted by atomic mass is 10.7. The van der Waals surface area contributed by atoms with Crippen LogP contribution in [0.2, 0.25) is 0 Å². The number of ether oxygens (including phenoxy) is 1. The van der Waals surface area contributed by atoms with Gasteiger partial charge >= 0.3 is 0 Å². The van der Waals surface area contributed by atoms with Crippen molar-refractivity contribution in [2.45, 2.75) is 13.2 Å². The molecule has 1 atom stereocenters. The summed E-state index contributed by atoms with van der Waals surface area (Å²) in [5, 5.41) is 0. The highest BCUT2D eigenvalue weighted by Crippen LogP contribution is 1.94. The molecule has 0 saturated heterocycles. The Morgan fingerprint density at radius 3 is 3.00 bits per heavy atom. The van der Waals surface area contributed by atoms with Gasteiger partial charge in [-0.2, -0.15) is 0 Å². The van der Waals surface area contributed by atoms with E-state index in [0.29, 0.717) is 6.61 Å². The van der Waals surface area contributed by atoms with Crippen molar-refractivity contribution >= 4 is 6.21 Å². The Morgan fingerprint density at radius 2 is 2.83 bits per heavy atom. The molecule has 0 aromatic rings. The average Bonchev–Trinajstić information content (AvgIpc) is 1.86. The third kappa shape index (κ3) is 0.571. The second-order valence-corrected chi connectivity index (χ2v) is 1.20. The number of aliphatic imine (C=N–C) groups is 1. The van der Waals surface area contributed by atoms with Crippen molar-refractivity contribution in [2.24, 2.45) is 4.99 Å². The standard InChI is InChI=1S/C4H6NO/c1-4-5-2-3-6-4/h4H,3H2,1H3. The third-order valence-corrected chi connectivity index (χ3v) is 0.662. The SMILES string of the molecule is CC1N=[C]CO1. The summed E-state index contributed by atoms with van der Waals surface area (Å²) in [5.74, 6) is 0. The molecule has 2 heteroatoms. The summed E-state index contributed by atoms with van der Waals surface area (Å²) in [7, 11) is 0. The molecular weight excluding hydrogens is 78.0 g/mol. The normalized spacial score (nSPS) is 31.8. The van der Waals surface area contributed by atoms with Gasteiger partial charge in [0.05, 0.1) is 12.8 Å². The van der Waals surface area contributed by atoms with Gasteiger partial charge in [-0.3, -0.25) is 4.99 Å². The highest BCUT2D eigenvalue weighted by molar-refractivity contribution is 5.60. The Labute approximate surface area is 36.8 Å². The van der Waals surface area contributed by atoms with Gasteiger partial charge in [-0.05, 0) is 6.92 Å². The van der Waals surface area contributed by atoms with Crippen molar-refractivity contribution in [1.82, 2.24) is 0 Å². The van der Waals surface area contributed by atoms with Gasteiger partial charge in [-0.1, -0.05) is 0 Å². The Bertz CT molecular complexity index is 69.9. The number of hydrogen-bond acceptors (Lipinski definition) is 2. The second kappa shape index (κ2) is 1.39. The molecular formula is C4H6NO. The minimum absolute atomic E-state index is 0.0602. The Balaban J connectivity index is 2.38. The van der Waals surface area contributed by atoms with Gasteiger partial charge in [0, 0.05) is 0 Å². The zero-order valence-corrected chi connectivity index (χ0v) is 3.64. The van der Waals surface area contributed by atoms with E-state index in [1.165, 1.54) is 0 Å². The molecule has 2 nitrogen and oxygen atoms in total. The molecule has 0 saturated carbocycles. The van der Waals surface area contributed by atoms with Crippen LogP contribution in [-0.4, -0.2) is 19.0 Å². The quantitative estimate of drug-likeness (QED) is 0.414. The molecule has 0 N–H and O–H groups in total. The summed E-state index contributed by atoms with van der Waals surface area (Å²) in [6.07, 6.45) is 2.73. The average molecular weight is 84.1 g/mol. The molecule has 0 aromatic carbocycles. The van der Waals surface area contributed by atoms with Gasteiger partial charge in [0.15, 0.2) is 0 Å².